The molecule has 2 atom stereocenters. The predicted octanol–water partition coefficient (Wildman–Crippen LogP) is 0.879. The highest BCUT2D eigenvalue weighted by Gasteiger charge is 2.52. The molecule has 1 heterocycles. The maximum atomic E-state index is 12.6. The van der Waals surface area contributed by atoms with E-state index in [1.807, 2.05) is 4.90 Å². The van der Waals surface area contributed by atoms with Crippen molar-refractivity contribution in [3.63, 3.8) is 0 Å². The first-order valence-corrected chi connectivity index (χ1v) is 7.73. The molecule has 2 amide bonds. The average Bonchev–Trinajstić information content (AvgIpc) is 3.05. The van der Waals surface area contributed by atoms with Crippen molar-refractivity contribution in [3.05, 3.63) is 0 Å². The van der Waals surface area contributed by atoms with Crippen LogP contribution in [-0.2, 0) is 9.59 Å². The van der Waals surface area contributed by atoms with Crippen molar-refractivity contribution in [1.82, 2.24) is 10.2 Å². The molecule has 3 N–H and O–H groups in total. The first-order chi connectivity index (χ1) is 9.45. The molecule has 2 aliphatic rings. The third kappa shape index (κ3) is 3.51. The number of likely N-dealkylation sites (tertiary alicyclic amines) is 1. The molecule has 2 unspecified atom stereocenters. The maximum absolute atomic E-state index is 12.6. The van der Waals surface area contributed by atoms with E-state index in [0.717, 1.165) is 32.2 Å². The Kier molecular flexibility index (Phi) is 4.68. The highest BCUT2D eigenvalue weighted by atomic mass is 16.2. The molecule has 0 aromatic rings. The summed E-state index contributed by atoms with van der Waals surface area (Å²) >= 11 is 0. The Hall–Kier alpha value is -1.10. The second-order valence-electron chi connectivity index (χ2n) is 6.77. The number of rotatable bonds is 5. The van der Waals surface area contributed by atoms with Crippen LogP contribution < -0.4 is 11.1 Å². The van der Waals surface area contributed by atoms with E-state index in [4.69, 9.17) is 5.73 Å². The van der Waals surface area contributed by atoms with Gasteiger partial charge in [0, 0.05) is 38.0 Å². The smallest absolute Gasteiger partial charge is 0.226 e. The quantitative estimate of drug-likeness (QED) is 0.785. The van der Waals surface area contributed by atoms with Gasteiger partial charge in [-0.2, -0.15) is 0 Å². The van der Waals surface area contributed by atoms with Gasteiger partial charge in [-0.05, 0) is 31.1 Å². The zero-order chi connectivity index (χ0) is 14.8. The van der Waals surface area contributed by atoms with Gasteiger partial charge in [0.15, 0.2) is 0 Å². The Bertz CT molecular complexity index is 381. The normalized spacial score (nSPS) is 28.1. The Morgan fingerprint density at radius 3 is 2.65 bits per heavy atom. The fourth-order valence-corrected chi connectivity index (χ4v) is 3.04. The molecule has 0 bridgehead atoms. The van der Waals surface area contributed by atoms with E-state index in [1.165, 1.54) is 0 Å². The SMILES string of the molecule is CC1(C)CC1C(=O)N1CCCCC1CNC(=O)CCN. The van der Waals surface area contributed by atoms with Crippen molar-refractivity contribution in [2.75, 3.05) is 19.6 Å². The van der Waals surface area contributed by atoms with Crippen molar-refractivity contribution < 1.29 is 9.59 Å². The first kappa shape index (κ1) is 15.3. The van der Waals surface area contributed by atoms with Crippen LogP contribution in [0, 0.1) is 11.3 Å². The van der Waals surface area contributed by atoms with Crippen LogP contribution in [-0.4, -0.2) is 42.4 Å². The molecule has 114 valence electrons. The van der Waals surface area contributed by atoms with Gasteiger partial charge in [0.05, 0.1) is 0 Å². The minimum absolute atomic E-state index is 0.0165. The lowest BCUT2D eigenvalue weighted by molar-refractivity contribution is -0.137. The van der Waals surface area contributed by atoms with Crippen LogP contribution in [0.25, 0.3) is 0 Å². The molecule has 1 aliphatic carbocycles. The molecule has 5 heteroatoms. The van der Waals surface area contributed by atoms with Crippen molar-refractivity contribution in [2.45, 2.75) is 52.0 Å². The summed E-state index contributed by atoms with van der Waals surface area (Å²) in [5.74, 6) is 0.452. The van der Waals surface area contributed by atoms with Gasteiger partial charge in [0.1, 0.15) is 0 Å². The zero-order valence-corrected chi connectivity index (χ0v) is 12.7. The predicted molar refractivity (Wildman–Crippen MR) is 77.9 cm³/mol. The number of nitrogens with one attached hydrogen (secondary N) is 1. The van der Waals surface area contributed by atoms with Crippen molar-refractivity contribution in [2.24, 2.45) is 17.1 Å². The Labute approximate surface area is 121 Å². The van der Waals surface area contributed by atoms with E-state index >= 15 is 0 Å². The minimum atomic E-state index is -0.0165. The Morgan fingerprint density at radius 2 is 2.05 bits per heavy atom. The number of carbonyl (C=O) groups is 2. The number of nitrogens with zero attached hydrogens (tertiary/aromatic N) is 1. The number of piperidine rings is 1. The first-order valence-electron chi connectivity index (χ1n) is 7.73. The van der Waals surface area contributed by atoms with Gasteiger partial charge in [-0.1, -0.05) is 13.8 Å². The van der Waals surface area contributed by atoms with Crippen LogP contribution >= 0.6 is 0 Å². The summed E-state index contributed by atoms with van der Waals surface area (Å²) < 4.78 is 0. The highest BCUT2D eigenvalue weighted by Crippen LogP contribution is 2.52. The van der Waals surface area contributed by atoms with Crippen LogP contribution in [0.3, 0.4) is 0 Å². The molecule has 0 aromatic carbocycles. The van der Waals surface area contributed by atoms with E-state index in [-0.39, 0.29) is 29.2 Å². The third-order valence-corrected chi connectivity index (χ3v) is 4.63. The van der Waals surface area contributed by atoms with E-state index < -0.39 is 0 Å². The summed E-state index contributed by atoms with van der Waals surface area (Å²) in [4.78, 5) is 26.1. The van der Waals surface area contributed by atoms with Crippen molar-refractivity contribution in [3.8, 4) is 0 Å². The van der Waals surface area contributed by atoms with Gasteiger partial charge in [-0.3, -0.25) is 9.59 Å². The van der Waals surface area contributed by atoms with E-state index in [9.17, 15) is 9.59 Å². The minimum Gasteiger partial charge on any atom is -0.354 e. The number of hydrogen-bond acceptors (Lipinski definition) is 3. The summed E-state index contributed by atoms with van der Waals surface area (Å²) in [5, 5.41) is 2.91. The number of carbonyl (C=O) groups excluding carboxylic acids is 2. The number of hydrogen-bond donors (Lipinski definition) is 2. The van der Waals surface area contributed by atoms with Crippen molar-refractivity contribution in [1.29, 1.82) is 0 Å². The highest BCUT2D eigenvalue weighted by molar-refractivity contribution is 5.83. The number of nitrogens with two attached hydrogens (primary N) is 1. The van der Waals surface area contributed by atoms with Gasteiger partial charge >= 0.3 is 0 Å². The van der Waals surface area contributed by atoms with Gasteiger partial charge in [-0.25, -0.2) is 0 Å². The lowest BCUT2D eigenvalue weighted by Crippen LogP contribution is -2.50. The average molecular weight is 281 g/mol. The summed E-state index contributed by atoms with van der Waals surface area (Å²) in [5.41, 5.74) is 5.53. The van der Waals surface area contributed by atoms with Crippen LogP contribution in [0.2, 0.25) is 0 Å². The van der Waals surface area contributed by atoms with Crippen LogP contribution in [0.1, 0.15) is 46.0 Å². The monoisotopic (exact) mass is 281 g/mol. The standard InChI is InChI=1S/C15H27N3O2/c1-15(2)9-12(15)14(20)18-8-4-3-5-11(18)10-17-13(19)6-7-16/h11-12H,3-10,16H2,1-2H3,(H,17,19). The lowest BCUT2D eigenvalue weighted by Gasteiger charge is -2.36. The van der Waals surface area contributed by atoms with Crippen LogP contribution in [0.4, 0.5) is 0 Å². The fourth-order valence-electron chi connectivity index (χ4n) is 3.04. The molecule has 1 saturated carbocycles. The van der Waals surface area contributed by atoms with Crippen molar-refractivity contribution >= 4 is 11.8 Å². The molecule has 20 heavy (non-hydrogen) atoms. The molecule has 2 fully saturated rings. The summed E-state index contributed by atoms with van der Waals surface area (Å²) in [6.07, 6.45) is 4.55. The second-order valence-corrected chi connectivity index (χ2v) is 6.77. The summed E-state index contributed by atoms with van der Waals surface area (Å²) in [6.45, 7) is 6.07. The molecule has 2 rings (SSSR count). The van der Waals surface area contributed by atoms with Crippen LogP contribution in [0.5, 0.6) is 0 Å². The topological polar surface area (TPSA) is 75.4 Å². The summed E-state index contributed by atoms with van der Waals surface area (Å²) in [6, 6.07) is 0.161. The second kappa shape index (κ2) is 6.12. The molecule has 1 saturated heterocycles. The Balaban J connectivity index is 1.88. The molecule has 0 aromatic heterocycles. The molecule has 1 aliphatic heterocycles. The van der Waals surface area contributed by atoms with Gasteiger partial charge < -0.3 is 16.0 Å². The van der Waals surface area contributed by atoms with Gasteiger partial charge in [0.2, 0.25) is 11.8 Å². The number of amides is 2. The summed E-state index contributed by atoms with van der Waals surface area (Å²) in [7, 11) is 0. The molecule has 0 spiro atoms. The fraction of sp³-hybridized carbons (Fsp3) is 0.867. The zero-order valence-electron chi connectivity index (χ0n) is 12.7. The molecular weight excluding hydrogens is 254 g/mol. The van der Waals surface area contributed by atoms with Gasteiger partial charge in [0.25, 0.3) is 0 Å². The molecule has 0 radical (unpaired) electrons. The van der Waals surface area contributed by atoms with E-state index in [1.54, 1.807) is 0 Å². The van der Waals surface area contributed by atoms with Gasteiger partial charge in [-0.15, -0.1) is 0 Å². The Morgan fingerprint density at radius 1 is 1.35 bits per heavy atom. The van der Waals surface area contributed by atoms with E-state index in [2.05, 4.69) is 19.2 Å². The van der Waals surface area contributed by atoms with E-state index in [0.29, 0.717) is 19.5 Å². The van der Waals surface area contributed by atoms with Crippen LogP contribution in [0.15, 0.2) is 0 Å². The third-order valence-electron chi connectivity index (χ3n) is 4.63. The lowest BCUT2D eigenvalue weighted by atomic mass is 10.00. The molecule has 5 nitrogen and oxygen atoms in total. The maximum Gasteiger partial charge on any atom is 0.226 e. The largest absolute Gasteiger partial charge is 0.354 e. The molecular formula is C15H27N3O2.